The molecular formula is C12H10BrFN2O2S. The van der Waals surface area contributed by atoms with Crippen molar-refractivity contribution in [2.45, 2.75) is 4.90 Å². The second-order valence-corrected chi connectivity index (χ2v) is 6.40. The normalized spacial score (nSPS) is 11.3. The molecule has 7 heteroatoms. The molecule has 0 aliphatic heterocycles. The molecule has 0 spiro atoms. The van der Waals surface area contributed by atoms with E-state index in [-0.39, 0.29) is 16.3 Å². The van der Waals surface area contributed by atoms with Gasteiger partial charge in [0.25, 0.3) is 10.0 Å². The second-order valence-electron chi connectivity index (χ2n) is 3.80. The van der Waals surface area contributed by atoms with Gasteiger partial charge in [-0.05, 0) is 36.4 Å². The van der Waals surface area contributed by atoms with Crippen molar-refractivity contribution in [3.63, 3.8) is 0 Å². The zero-order valence-corrected chi connectivity index (χ0v) is 12.0. The zero-order valence-electron chi connectivity index (χ0n) is 9.60. The Balaban J connectivity index is 2.33. The van der Waals surface area contributed by atoms with Crippen LogP contribution in [0.4, 0.5) is 15.8 Å². The molecule has 0 saturated carbocycles. The van der Waals surface area contributed by atoms with Gasteiger partial charge >= 0.3 is 0 Å². The van der Waals surface area contributed by atoms with Gasteiger partial charge in [-0.3, -0.25) is 4.72 Å². The minimum Gasteiger partial charge on any atom is -0.396 e. The summed E-state index contributed by atoms with van der Waals surface area (Å²) in [6.45, 7) is 0. The van der Waals surface area contributed by atoms with Crippen molar-refractivity contribution >= 4 is 37.3 Å². The maximum Gasteiger partial charge on any atom is 0.261 e. The molecule has 3 N–H and O–H groups in total. The molecule has 0 unspecified atom stereocenters. The number of anilines is 2. The van der Waals surface area contributed by atoms with Crippen molar-refractivity contribution in [2.24, 2.45) is 0 Å². The van der Waals surface area contributed by atoms with E-state index in [9.17, 15) is 12.8 Å². The minimum absolute atomic E-state index is 0.102. The molecule has 0 radical (unpaired) electrons. The van der Waals surface area contributed by atoms with E-state index in [0.29, 0.717) is 4.47 Å². The van der Waals surface area contributed by atoms with Gasteiger partial charge in [0, 0.05) is 4.47 Å². The average Bonchev–Trinajstić information content (AvgIpc) is 2.33. The van der Waals surface area contributed by atoms with Crippen molar-refractivity contribution < 1.29 is 12.8 Å². The van der Waals surface area contributed by atoms with Gasteiger partial charge in [-0.15, -0.1) is 0 Å². The lowest BCUT2D eigenvalue weighted by Gasteiger charge is -2.09. The topological polar surface area (TPSA) is 72.2 Å². The van der Waals surface area contributed by atoms with Crippen LogP contribution < -0.4 is 10.5 Å². The van der Waals surface area contributed by atoms with Gasteiger partial charge in [-0.25, -0.2) is 12.8 Å². The number of rotatable bonds is 3. The highest BCUT2D eigenvalue weighted by Crippen LogP contribution is 2.21. The highest BCUT2D eigenvalue weighted by molar-refractivity contribution is 9.10. The number of halogens is 2. The van der Waals surface area contributed by atoms with E-state index in [4.69, 9.17) is 5.73 Å². The molecule has 0 atom stereocenters. The van der Waals surface area contributed by atoms with Crippen LogP contribution in [0.3, 0.4) is 0 Å². The Bertz CT molecular complexity index is 719. The first-order chi connectivity index (χ1) is 8.88. The van der Waals surface area contributed by atoms with Gasteiger partial charge in [0.2, 0.25) is 0 Å². The summed E-state index contributed by atoms with van der Waals surface area (Å²) in [7, 11) is -3.72. The van der Waals surface area contributed by atoms with Crippen molar-refractivity contribution in [3.05, 3.63) is 52.8 Å². The second kappa shape index (κ2) is 5.18. The van der Waals surface area contributed by atoms with E-state index in [1.807, 2.05) is 0 Å². The van der Waals surface area contributed by atoms with Gasteiger partial charge in [-0.2, -0.15) is 0 Å². The molecule has 0 aliphatic rings. The van der Waals surface area contributed by atoms with Gasteiger partial charge in [0.1, 0.15) is 5.82 Å². The standard InChI is InChI=1S/C12H10BrFN2O2S/c13-8-2-1-3-10(6-8)19(17,18)16-9-4-5-11(14)12(15)7-9/h1-7,16H,15H2. The minimum atomic E-state index is -3.72. The molecule has 0 aliphatic carbocycles. The summed E-state index contributed by atoms with van der Waals surface area (Å²) < 4.78 is 40.1. The fraction of sp³-hybridized carbons (Fsp3) is 0. The summed E-state index contributed by atoms with van der Waals surface area (Å²) in [6.07, 6.45) is 0. The molecule has 0 aromatic heterocycles. The fourth-order valence-corrected chi connectivity index (χ4v) is 3.10. The number of nitrogen functional groups attached to an aromatic ring is 1. The molecule has 2 rings (SSSR count). The van der Waals surface area contributed by atoms with E-state index in [2.05, 4.69) is 20.7 Å². The van der Waals surface area contributed by atoms with Crippen LogP contribution in [0, 0.1) is 5.82 Å². The fourth-order valence-electron chi connectivity index (χ4n) is 1.46. The van der Waals surface area contributed by atoms with Crippen LogP contribution >= 0.6 is 15.9 Å². The van der Waals surface area contributed by atoms with Gasteiger partial charge < -0.3 is 5.73 Å². The molecule has 19 heavy (non-hydrogen) atoms. The monoisotopic (exact) mass is 344 g/mol. The van der Waals surface area contributed by atoms with E-state index in [1.165, 1.54) is 24.3 Å². The lowest BCUT2D eigenvalue weighted by molar-refractivity contribution is 0.601. The highest BCUT2D eigenvalue weighted by atomic mass is 79.9. The van der Waals surface area contributed by atoms with Crippen LogP contribution in [0.25, 0.3) is 0 Å². The Labute approximate surface area is 118 Å². The number of hydrogen-bond acceptors (Lipinski definition) is 3. The molecule has 2 aromatic rings. The molecule has 0 saturated heterocycles. The molecule has 2 aromatic carbocycles. The van der Waals surface area contributed by atoms with Crippen molar-refractivity contribution in [1.82, 2.24) is 0 Å². The predicted octanol–water partition coefficient (Wildman–Crippen LogP) is 2.97. The van der Waals surface area contributed by atoms with Crippen LogP contribution in [0.15, 0.2) is 51.8 Å². The summed E-state index contributed by atoms with van der Waals surface area (Å²) >= 11 is 3.20. The SMILES string of the molecule is Nc1cc(NS(=O)(=O)c2cccc(Br)c2)ccc1F. The number of benzene rings is 2. The maximum absolute atomic E-state index is 13.0. The Morgan fingerprint density at radius 3 is 2.53 bits per heavy atom. The lowest BCUT2D eigenvalue weighted by atomic mass is 10.3. The summed E-state index contributed by atoms with van der Waals surface area (Å²) in [5.41, 5.74) is 5.48. The van der Waals surface area contributed by atoms with Gasteiger partial charge in [0.05, 0.1) is 16.3 Å². The Morgan fingerprint density at radius 2 is 1.89 bits per heavy atom. The largest absolute Gasteiger partial charge is 0.396 e. The Kier molecular flexibility index (Phi) is 3.77. The van der Waals surface area contributed by atoms with Crippen molar-refractivity contribution in [3.8, 4) is 0 Å². The lowest BCUT2D eigenvalue weighted by Crippen LogP contribution is -2.13. The van der Waals surface area contributed by atoms with Gasteiger partial charge in [-0.1, -0.05) is 22.0 Å². The Hall–Kier alpha value is -1.60. The van der Waals surface area contributed by atoms with Crippen LogP contribution in [0.5, 0.6) is 0 Å². The highest BCUT2D eigenvalue weighted by Gasteiger charge is 2.14. The third-order valence-corrected chi connectivity index (χ3v) is 4.23. The third kappa shape index (κ3) is 3.24. The van der Waals surface area contributed by atoms with Crippen molar-refractivity contribution in [1.29, 1.82) is 0 Å². The van der Waals surface area contributed by atoms with Crippen LogP contribution in [0.2, 0.25) is 0 Å². The van der Waals surface area contributed by atoms with Gasteiger partial charge in [0.15, 0.2) is 0 Å². The number of nitrogens with one attached hydrogen (secondary N) is 1. The quantitative estimate of drug-likeness (QED) is 0.840. The van der Waals surface area contributed by atoms with Crippen molar-refractivity contribution in [2.75, 3.05) is 10.5 Å². The summed E-state index contributed by atoms with van der Waals surface area (Å²) in [6, 6.07) is 9.89. The summed E-state index contributed by atoms with van der Waals surface area (Å²) in [5, 5.41) is 0. The molecule has 0 amide bonds. The molecule has 0 fully saturated rings. The van der Waals surface area contributed by atoms with Crippen LogP contribution in [-0.2, 0) is 10.0 Å². The number of sulfonamides is 1. The first kappa shape index (κ1) is 13.8. The van der Waals surface area contributed by atoms with E-state index in [1.54, 1.807) is 12.1 Å². The molecule has 0 bridgehead atoms. The van der Waals surface area contributed by atoms with E-state index < -0.39 is 15.8 Å². The third-order valence-electron chi connectivity index (χ3n) is 2.35. The van der Waals surface area contributed by atoms with E-state index >= 15 is 0 Å². The van der Waals surface area contributed by atoms with Crippen LogP contribution in [0.1, 0.15) is 0 Å². The maximum atomic E-state index is 13.0. The summed E-state index contributed by atoms with van der Waals surface area (Å²) in [5.74, 6) is -0.592. The first-order valence-electron chi connectivity index (χ1n) is 5.22. The molecule has 0 heterocycles. The van der Waals surface area contributed by atoms with E-state index in [0.717, 1.165) is 6.07 Å². The molecular weight excluding hydrogens is 335 g/mol. The smallest absolute Gasteiger partial charge is 0.261 e. The first-order valence-corrected chi connectivity index (χ1v) is 7.49. The predicted molar refractivity (Wildman–Crippen MR) is 75.8 cm³/mol. The average molecular weight is 345 g/mol. The molecule has 100 valence electrons. The number of hydrogen-bond donors (Lipinski definition) is 2. The Morgan fingerprint density at radius 1 is 1.16 bits per heavy atom. The zero-order chi connectivity index (χ0) is 14.0. The molecule has 4 nitrogen and oxygen atoms in total. The summed E-state index contributed by atoms with van der Waals surface area (Å²) in [4.78, 5) is 0.102. The number of nitrogens with two attached hydrogens (primary N) is 1. The van der Waals surface area contributed by atoms with Crippen LogP contribution in [-0.4, -0.2) is 8.42 Å².